The Kier molecular flexibility index (Phi) is 5.45. The minimum atomic E-state index is -1.52. The van der Waals surface area contributed by atoms with Crippen LogP contribution in [0.3, 0.4) is 0 Å². The zero-order valence-corrected chi connectivity index (χ0v) is 19.2. The van der Waals surface area contributed by atoms with Gasteiger partial charge in [0.05, 0.1) is 17.5 Å². The number of benzene rings is 2. The van der Waals surface area contributed by atoms with E-state index in [9.17, 15) is 19.5 Å². The SMILES string of the molecule is CCC(C)C1(C(=O)O)NC(c2cc(C)ccc2C)C2C(=O)N(c3ccccc3C)C(=O)C21. The summed E-state index contributed by atoms with van der Waals surface area (Å²) in [6.45, 7) is 9.53. The lowest BCUT2D eigenvalue weighted by atomic mass is 9.71. The zero-order valence-electron chi connectivity index (χ0n) is 19.2. The summed E-state index contributed by atoms with van der Waals surface area (Å²) in [4.78, 5) is 41.7. The first-order chi connectivity index (χ1) is 15.1. The highest BCUT2D eigenvalue weighted by Crippen LogP contribution is 2.53. The van der Waals surface area contributed by atoms with Crippen LogP contribution in [0.2, 0.25) is 0 Å². The molecular weight excluding hydrogens is 404 g/mol. The van der Waals surface area contributed by atoms with Crippen molar-refractivity contribution < 1.29 is 19.5 Å². The van der Waals surface area contributed by atoms with E-state index in [2.05, 4.69) is 5.32 Å². The molecule has 0 saturated carbocycles. The second-order valence-electron chi connectivity index (χ2n) is 9.27. The first-order valence-corrected chi connectivity index (χ1v) is 11.2. The maximum Gasteiger partial charge on any atom is 0.325 e. The van der Waals surface area contributed by atoms with Crippen LogP contribution in [0.4, 0.5) is 5.69 Å². The van der Waals surface area contributed by atoms with Crippen molar-refractivity contribution in [2.75, 3.05) is 4.90 Å². The number of anilines is 1. The number of carboxylic acids is 1. The second-order valence-corrected chi connectivity index (χ2v) is 9.27. The van der Waals surface area contributed by atoms with Crippen molar-refractivity contribution in [1.29, 1.82) is 0 Å². The first kappa shape index (κ1) is 22.2. The molecule has 0 aromatic heterocycles. The molecule has 2 aliphatic rings. The Morgan fingerprint density at radius 3 is 2.41 bits per heavy atom. The average molecular weight is 435 g/mol. The highest BCUT2D eigenvalue weighted by Gasteiger charge is 2.70. The molecule has 2 heterocycles. The number of carbonyl (C=O) groups is 3. The van der Waals surface area contributed by atoms with E-state index in [0.29, 0.717) is 12.1 Å². The summed E-state index contributed by atoms with van der Waals surface area (Å²) in [6.07, 6.45) is 0.563. The van der Waals surface area contributed by atoms with Gasteiger partial charge in [0, 0.05) is 6.04 Å². The summed E-state index contributed by atoms with van der Waals surface area (Å²) >= 11 is 0. The third-order valence-electron chi connectivity index (χ3n) is 7.46. The third-order valence-corrected chi connectivity index (χ3v) is 7.46. The summed E-state index contributed by atoms with van der Waals surface area (Å²) in [6, 6.07) is 12.6. The van der Waals surface area contributed by atoms with Crippen molar-refractivity contribution >= 4 is 23.5 Å². The molecule has 2 amide bonds. The summed E-state index contributed by atoms with van der Waals surface area (Å²) in [5, 5.41) is 13.8. The van der Waals surface area contributed by atoms with E-state index in [1.807, 2.05) is 65.0 Å². The lowest BCUT2D eigenvalue weighted by molar-refractivity contribution is -0.151. The smallest absolute Gasteiger partial charge is 0.325 e. The van der Waals surface area contributed by atoms with Crippen LogP contribution in [0.25, 0.3) is 0 Å². The Hall–Kier alpha value is -2.99. The molecule has 2 aromatic rings. The van der Waals surface area contributed by atoms with Gasteiger partial charge >= 0.3 is 5.97 Å². The molecular formula is C26H30N2O4. The molecule has 2 N–H and O–H groups in total. The van der Waals surface area contributed by atoms with Crippen LogP contribution in [-0.2, 0) is 14.4 Å². The summed E-state index contributed by atoms with van der Waals surface area (Å²) in [5.74, 6) is -3.96. The molecule has 2 fully saturated rings. The first-order valence-electron chi connectivity index (χ1n) is 11.2. The molecule has 0 radical (unpaired) electrons. The van der Waals surface area contributed by atoms with E-state index < -0.39 is 35.3 Å². The number of para-hydroxylation sites is 1. The van der Waals surface area contributed by atoms with E-state index >= 15 is 0 Å². The van der Waals surface area contributed by atoms with Crippen LogP contribution in [0.5, 0.6) is 0 Å². The maximum atomic E-state index is 13.8. The zero-order chi connectivity index (χ0) is 23.4. The monoisotopic (exact) mass is 434 g/mol. The van der Waals surface area contributed by atoms with Crippen LogP contribution in [0.15, 0.2) is 42.5 Å². The quantitative estimate of drug-likeness (QED) is 0.697. The molecule has 2 aromatic carbocycles. The van der Waals surface area contributed by atoms with E-state index in [1.165, 1.54) is 4.90 Å². The number of aliphatic carboxylic acids is 1. The molecule has 168 valence electrons. The molecule has 5 unspecified atom stereocenters. The molecule has 0 bridgehead atoms. The number of nitrogens with one attached hydrogen (secondary N) is 1. The maximum absolute atomic E-state index is 13.8. The predicted octanol–water partition coefficient (Wildman–Crippen LogP) is 3.93. The third kappa shape index (κ3) is 3.00. The molecule has 32 heavy (non-hydrogen) atoms. The fourth-order valence-electron chi connectivity index (χ4n) is 5.54. The van der Waals surface area contributed by atoms with Gasteiger partial charge in [-0.3, -0.25) is 19.7 Å². The lowest BCUT2D eigenvalue weighted by Crippen LogP contribution is -2.59. The molecule has 0 spiro atoms. The Labute approximate surface area is 188 Å². The lowest BCUT2D eigenvalue weighted by Gasteiger charge is -2.36. The minimum Gasteiger partial charge on any atom is -0.480 e. The van der Waals surface area contributed by atoms with Gasteiger partial charge in [0.2, 0.25) is 11.8 Å². The molecule has 6 nitrogen and oxygen atoms in total. The van der Waals surface area contributed by atoms with Gasteiger partial charge in [0.1, 0.15) is 5.54 Å². The van der Waals surface area contributed by atoms with Crippen LogP contribution < -0.4 is 10.2 Å². The number of aryl methyl sites for hydroxylation is 3. The Morgan fingerprint density at radius 2 is 1.78 bits per heavy atom. The highest BCUT2D eigenvalue weighted by atomic mass is 16.4. The van der Waals surface area contributed by atoms with Crippen molar-refractivity contribution in [3.8, 4) is 0 Å². The molecule has 6 heteroatoms. The van der Waals surface area contributed by atoms with E-state index in [-0.39, 0.29) is 11.8 Å². The Morgan fingerprint density at radius 1 is 1.09 bits per heavy atom. The van der Waals surface area contributed by atoms with E-state index in [1.54, 1.807) is 12.1 Å². The number of rotatable bonds is 5. The standard InChI is InChI=1S/C26H30N2O4/c1-6-17(5)26(25(31)32)21-20(22(27-26)18-13-14(2)11-12-15(18)3)23(29)28(24(21)30)19-10-8-7-9-16(19)4/h7-13,17,20-22,27H,6H2,1-5H3,(H,31,32). The normalized spacial score (nSPS) is 28.2. The van der Waals surface area contributed by atoms with Crippen LogP contribution >= 0.6 is 0 Å². The number of fused-ring (bicyclic) bond motifs is 1. The van der Waals surface area contributed by atoms with E-state index in [0.717, 1.165) is 22.3 Å². The summed E-state index contributed by atoms with van der Waals surface area (Å²) < 4.78 is 0. The largest absolute Gasteiger partial charge is 0.480 e. The molecule has 0 aliphatic carbocycles. The van der Waals surface area contributed by atoms with Gasteiger partial charge in [-0.1, -0.05) is 62.2 Å². The van der Waals surface area contributed by atoms with Crippen LogP contribution in [0, 0.1) is 38.5 Å². The average Bonchev–Trinajstić information content (AvgIpc) is 3.25. The second kappa shape index (κ2) is 7.85. The van der Waals surface area contributed by atoms with Crippen molar-refractivity contribution in [3.05, 3.63) is 64.7 Å². The Bertz CT molecular complexity index is 1110. The highest BCUT2D eigenvalue weighted by molar-refractivity contribution is 6.24. The minimum absolute atomic E-state index is 0.334. The fraction of sp³-hybridized carbons (Fsp3) is 0.423. The van der Waals surface area contributed by atoms with Crippen LogP contribution in [0.1, 0.15) is 48.6 Å². The number of amides is 2. The topological polar surface area (TPSA) is 86.7 Å². The van der Waals surface area contributed by atoms with Gasteiger partial charge in [-0.25, -0.2) is 4.90 Å². The number of imide groups is 1. The van der Waals surface area contributed by atoms with Crippen molar-refractivity contribution in [1.82, 2.24) is 5.32 Å². The Balaban J connectivity index is 1.94. The molecule has 2 saturated heterocycles. The number of carbonyl (C=O) groups excluding carboxylic acids is 2. The number of hydrogen-bond donors (Lipinski definition) is 2. The number of nitrogens with zero attached hydrogens (tertiary/aromatic N) is 1. The molecule has 5 atom stereocenters. The van der Waals surface area contributed by atoms with Gasteiger partial charge in [-0.15, -0.1) is 0 Å². The molecule has 4 rings (SSSR count). The van der Waals surface area contributed by atoms with Crippen molar-refractivity contribution in [3.63, 3.8) is 0 Å². The van der Waals surface area contributed by atoms with Gasteiger partial charge in [-0.2, -0.15) is 0 Å². The van der Waals surface area contributed by atoms with Crippen molar-refractivity contribution in [2.45, 2.75) is 52.6 Å². The van der Waals surface area contributed by atoms with E-state index in [4.69, 9.17) is 0 Å². The van der Waals surface area contributed by atoms with Gasteiger partial charge in [0.25, 0.3) is 0 Å². The summed E-state index contributed by atoms with van der Waals surface area (Å²) in [5.41, 5.74) is 2.67. The van der Waals surface area contributed by atoms with Crippen molar-refractivity contribution in [2.24, 2.45) is 17.8 Å². The van der Waals surface area contributed by atoms with Crippen LogP contribution in [-0.4, -0.2) is 28.4 Å². The van der Waals surface area contributed by atoms with Gasteiger partial charge in [-0.05, 0) is 49.4 Å². The fourth-order valence-corrected chi connectivity index (χ4v) is 5.54. The summed E-state index contributed by atoms with van der Waals surface area (Å²) in [7, 11) is 0. The van der Waals surface area contributed by atoms with Gasteiger partial charge in [0.15, 0.2) is 0 Å². The predicted molar refractivity (Wildman–Crippen MR) is 122 cm³/mol. The van der Waals surface area contributed by atoms with Gasteiger partial charge < -0.3 is 5.11 Å². The number of carboxylic acid groups (broad SMARTS) is 1. The number of hydrogen-bond acceptors (Lipinski definition) is 4. The molecule has 2 aliphatic heterocycles.